The second-order valence-electron chi connectivity index (χ2n) is 19.5. The summed E-state index contributed by atoms with van der Waals surface area (Å²) in [5.41, 5.74) is 24.2. The summed E-state index contributed by atoms with van der Waals surface area (Å²) in [6.45, 7) is 2.18. The first-order chi connectivity index (χ1) is 35.1. The lowest BCUT2D eigenvalue weighted by Gasteiger charge is -2.35. The molecule has 1 aromatic heterocycles. The number of aryl methyl sites for hydroxylation is 1. The summed E-state index contributed by atoms with van der Waals surface area (Å²) < 4.78 is 2.64. The number of hydrogen-bond donors (Lipinski definition) is 0. The van der Waals surface area contributed by atoms with Gasteiger partial charge in [0, 0.05) is 37.1 Å². The molecule has 1 atom stereocenters. The fourth-order valence-electron chi connectivity index (χ4n) is 13.1. The van der Waals surface area contributed by atoms with Gasteiger partial charge >= 0.3 is 0 Å². The normalized spacial score (nSPS) is 15.3. The molecule has 3 aliphatic carbocycles. The second kappa shape index (κ2) is 15.2. The predicted octanol–water partition coefficient (Wildman–Crippen LogP) is 18.2. The zero-order valence-electron chi connectivity index (χ0n) is 39.1. The standard InChI is InChI=1S/C69H45NS/c1-44-30-35-48(36-31-44)68(47-16-3-2-4-17-47)58-23-10-5-20-53(58)54-40-39-50(43-63(54)68)70(49-37-32-45(33-38-49)46-34-41-66-57(42-46)55-21-9-14-29-65(55)71-66)64-28-15-27-62-67(64)56-22-8-13-26-61(56)69(62)59-24-11-6-18-51(59)52-19-7-12-25-60(52)69/h2-43H,1H3. The van der Waals surface area contributed by atoms with E-state index in [-0.39, 0.29) is 0 Å². The zero-order valence-corrected chi connectivity index (χ0v) is 39.9. The monoisotopic (exact) mass is 919 g/mol. The van der Waals surface area contributed by atoms with Gasteiger partial charge in [0.05, 0.1) is 16.5 Å². The molecule has 11 aromatic carbocycles. The van der Waals surface area contributed by atoms with E-state index in [4.69, 9.17) is 0 Å². The van der Waals surface area contributed by atoms with Gasteiger partial charge in [-0.15, -0.1) is 11.3 Å². The molecule has 71 heavy (non-hydrogen) atoms. The Labute approximate surface area is 418 Å². The topological polar surface area (TPSA) is 3.24 Å². The highest BCUT2D eigenvalue weighted by Gasteiger charge is 2.53. The van der Waals surface area contributed by atoms with Gasteiger partial charge in [-0.2, -0.15) is 0 Å². The van der Waals surface area contributed by atoms with Crippen LogP contribution >= 0.6 is 11.3 Å². The minimum absolute atomic E-state index is 0.470. The highest BCUT2D eigenvalue weighted by Crippen LogP contribution is 2.65. The third kappa shape index (κ3) is 5.51. The van der Waals surface area contributed by atoms with Gasteiger partial charge in [-0.05, 0) is 139 Å². The third-order valence-corrected chi connectivity index (χ3v) is 17.2. The Morgan fingerprint density at radius 3 is 1.55 bits per heavy atom. The Balaban J connectivity index is 0.993. The summed E-state index contributed by atoms with van der Waals surface area (Å²) in [6.07, 6.45) is 0. The molecule has 1 heterocycles. The molecule has 1 spiro atoms. The van der Waals surface area contributed by atoms with Gasteiger partial charge in [-0.1, -0.05) is 212 Å². The van der Waals surface area contributed by atoms with Crippen LogP contribution in [0.25, 0.3) is 64.7 Å². The van der Waals surface area contributed by atoms with Crippen LogP contribution in [0.4, 0.5) is 17.1 Å². The number of anilines is 3. The van der Waals surface area contributed by atoms with E-state index in [0.717, 1.165) is 17.1 Å². The minimum atomic E-state index is -0.552. The van der Waals surface area contributed by atoms with Crippen molar-refractivity contribution < 1.29 is 0 Å². The first-order valence-electron chi connectivity index (χ1n) is 24.7. The van der Waals surface area contributed by atoms with E-state index in [0.29, 0.717) is 0 Å². The molecule has 0 fully saturated rings. The molecule has 1 unspecified atom stereocenters. The van der Waals surface area contributed by atoms with Crippen molar-refractivity contribution in [3.63, 3.8) is 0 Å². The van der Waals surface area contributed by atoms with E-state index in [2.05, 4.69) is 267 Å². The van der Waals surface area contributed by atoms with Crippen LogP contribution in [-0.4, -0.2) is 0 Å². The quantitative estimate of drug-likeness (QED) is 0.161. The molecular formula is C69H45NS. The summed E-state index contributed by atoms with van der Waals surface area (Å²) in [6, 6.07) is 96.3. The number of rotatable bonds is 6. The molecule has 12 aromatic rings. The lowest BCUT2D eigenvalue weighted by atomic mass is 9.67. The van der Waals surface area contributed by atoms with E-state index in [1.807, 2.05) is 11.3 Å². The predicted molar refractivity (Wildman–Crippen MR) is 298 cm³/mol. The molecule has 0 radical (unpaired) electrons. The lowest BCUT2D eigenvalue weighted by molar-refractivity contribution is 0.768. The number of thiophene rings is 1. The van der Waals surface area contributed by atoms with Gasteiger partial charge in [0.15, 0.2) is 0 Å². The lowest BCUT2D eigenvalue weighted by Crippen LogP contribution is -2.28. The molecule has 2 heteroatoms. The molecule has 3 aliphatic rings. The van der Waals surface area contributed by atoms with E-state index in [1.54, 1.807) is 0 Å². The number of benzene rings is 11. The molecule has 0 bridgehead atoms. The number of nitrogens with zero attached hydrogens (tertiary/aromatic N) is 1. The fourth-order valence-corrected chi connectivity index (χ4v) is 14.2. The van der Waals surface area contributed by atoms with Gasteiger partial charge in [0.25, 0.3) is 0 Å². The van der Waals surface area contributed by atoms with Crippen LogP contribution in [0, 0.1) is 6.92 Å². The SMILES string of the molecule is Cc1ccc(C2(c3ccccc3)c3ccccc3-c3ccc(N(c4ccc(-c5ccc6sc7ccccc7c6c5)cc4)c4cccc5c4-c4ccccc4C54c5ccccc5-c5ccccc54)cc32)cc1. The Bertz CT molecular complexity index is 4080. The van der Waals surface area contributed by atoms with Crippen LogP contribution in [0.2, 0.25) is 0 Å². The summed E-state index contributed by atoms with van der Waals surface area (Å²) in [4.78, 5) is 2.55. The van der Waals surface area contributed by atoms with E-state index < -0.39 is 10.8 Å². The molecule has 0 amide bonds. The average Bonchev–Trinajstić information content (AvgIpc) is 4.15. The molecule has 0 saturated heterocycles. The van der Waals surface area contributed by atoms with Gasteiger partial charge in [-0.25, -0.2) is 0 Å². The van der Waals surface area contributed by atoms with Crippen LogP contribution in [0.3, 0.4) is 0 Å². The van der Waals surface area contributed by atoms with Crippen molar-refractivity contribution in [1.82, 2.24) is 0 Å². The Kier molecular flexibility index (Phi) is 8.65. The van der Waals surface area contributed by atoms with Crippen molar-refractivity contribution in [2.24, 2.45) is 0 Å². The van der Waals surface area contributed by atoms with Crippen LogP contribution in [0.15, 0.2) is 255 Å². The molecule has 0 aliphatic heterocycles. The van der Waals surface area contributed by atoms with E-state index >= 15 is 0 Å². The van der Waals surface area contributed by atoms with Crippen LogP contribution in [-0.2, 0) is 10.8 Å². The van der Waals surface area contributed by atoms with Crippen LogP contribution in [0.5, 0.6) is 0 Å². The van der Waals surface area contributed by atoms with Gasteiger partial charge in [-0.3, -0.25) is 0 Å². The van der Waals surface area contributed by atoms with Crippen LogP contribution in [0.1, 0.15) is 50.1 Å². The van der Waals surface area contributed by atoms with Gasteiger partial charge in [0.1, 0.15) is 0 Å². The summed E-state index contributed by atoms with van der Waals surface area (Å²) >= 11 is 1.87. The van der Waals surface area contributed by atoms with Gasteiger partial charge in [0.2, 0.25) is 0 Å². The molecule has 1 nitrogen and oxygen atoms in total. The Morgan fingerprint density at radius 1 is 0.324 bits per heavy atom. The first kappa shape index (κ1) is 40.3. The number of hydrogen-bond acceptors (Lipinski definition) is 2. The van der Waals surface area contributed by atoms with Crippen molar-refractivity contribution in [3.05, 3.63) is 305 Å². The summed E-state index contributed by atoms with van der Waals surface area (Å²) in [5.74, 6) is 0. The Morgan fingerprint density at radius 2 is 0.845 bits per heavy atom. The zero-order chi connectivity index (χ0) is 46.8. The first-order valence-corrected chi connectivity index (χ1v) is 25.6. The molecule has 15 rings (SSSR count). The highest BCUT2D eigenvalue weighted by molar-refractivity contribution is 7.25. The maximum atomic E-state index is 2.55. The largest absolute Gasteiger partial charge is 0.310 e. The summed E-state index contributed by atoms with van der Waals surface area (Å²) in [7, 11) is 0. The van der Waals surface area contributed by atoms with Crippen LogP contribution < -0.4 is 4.90 Å². The maximum Gasteiger partial charge on any atom is 0.0726 e. The third-order valence-electron chi connectivity index (χ3n) is 16.1. The fraction of sp³-hybridized carbons (Fsp3) is 0.0435. The smallest absolute Gasteiger partial charge is 0.0726 e. The van der Waals surface area contributed by atoms with E-state index in [9.17, 15) is 0 Å². The average molecular weight is 920 g/mol. The second-order valence-corrected chi connectivity index (χ2v) is 20.6. The van der Waals surface area contributed by atoms with Crippen molar-refractivity contribution >= 4 is 48.6 Å². The molecule has 332 valence electrons. The summed E-state index contributed by atoms with van der Waals surface area (Å²) in [5, 5.41) is 2.63. The molecule has 0 saturated carbocycles. The highest BCUT2D eigenvalue weighted by atomic mass is 32.1. The van der Waals surface area contributed by atoms with Gasteiger partial charge < -0.3 is 4.90 Å². The van der Waals surface area contributed by atoms with Crippen molar-refractivity contribution in [2.75, 3.05) is 4.90 Å². The molecule has 0 N–H and O–H groups in total. The maximum absolute atomic E-state index is 2.55. The Hall–Kier alpha value is -8.56. The number of fused-ring (bicyclic) bond motifs is 16. The minimum Gasteiger partial charge on any atom is -0.310 e. The van der Waals surface area contributed by atoms with Crippen molar-refractivity contribution in [2.45, 2.75) is 17.8 Å². The van der Waals surface area contributed by atoms with Crippen molar-refractivity contribution in [1.29, 1.82) is 0 Å². The van der Waals surface area contributed by atoms with Crippen molar-refractivity contribution in [3.8, 4) is 44.5 Å². The van der Waals surface area contributed by atoms with E-state index in [1.165, 1.54) is 115 Å². The molecular weight excluding hydrogens is 875 g/mol.